The van der Waals surface area contributed by atoms with Gasteiger partial charge in [0.25, 0.3) is 0 Å². The Morgan fingerprint density at radius 1 is 0.909 bits per heavy atom. The minimum Gasteiger partial charge on any atom is -0.407 e. The minimum atomic E-state index is -0.289. The summed E-state index contributed by atoms with van der Waals surface area (Å²) in [6.07, 6.45) is 0. The van der Waals surface area contributed by atoms with Crippen molar-refractivity contribution in [3.63, 3.8) is 0 Å². The molecule has 0 unspecified atom stereocenters. The molecule has 0 bridgehead atoms. The maximum absolute atomic E-state index is 6.08. The van der Waals surface area contributed by atoms with E-state index >= 15 is 0 Å². The summed E-state index contributed by atoms with van der Waals surface area (Å²) in [7, 11) is -0.289. The monoisotopic (exact) mass is 354 g/mol. The van der Waals surface area contributed by atoms with Gasteiger partial charge in [-0.25, -0.2) is 0 Å². The second-order valence-electron chi connectivity index (χ2n) is 5.48. The van der Waals surface area contributed by atoms with Crippen LogP contribution in [0.1, 0.15) is 6.92 Å². The van der Waals surface area contributed by atoms with E-state index in [0.29, 0.717) is 21.0 Å². The van der Waals surface area contributed by atoms with E-state index in [9.17, 15) is 0 Å². The van der Waals surface area contributed by atoms with Gasteiger partial charge in [-0.1, -0.05) is 66.0 Å². The quantitative estimate of drug-likeness (QED) is 0.575. The summed E-state index contributed by atoms with van der Waals surface area (Å²) in [5.74, 6) is 0.439. The van der Waals surface area contributed by atoms with Crippen LogP contribution in [-0.2, 0) is 9.31 Å². The maximum Gasteiger partial charge on any atom is 0.493 e. The van der Waals surface area contributed by atoms with Crippen molar-refractivity contribution in [2.45, 2.75) is 6.92 Å². The molecular weight excluding hydrogens is 341 g/mol. The van der Waals surface area contributed by atoms with Gasteiger partial charge in [-0.15, -0.1) is 0 Å². The fourth-order valence-electron chi connectivity index (χ4n) is 2.35. The van der Waals surface area contributed by atoms with Crippen molar-refractivity contribution >= 4 is 47.4 Å². The highest BCUT2D eigenvalue weighted by molar-refractivity contribution is 6.61. The first-order valence-corrected chi connectivity index (χ1v) is 8.16. The summed E-state index contributed by atoms with van der Waals surface area (Å²) in [5.41, 5.74) is 2.93. The third-order valence-electron chi connectivity index (χ3n) is 3.56. The predicted molar refractivity (Wildman–Crippen MR) is 93.4 cm³/mol. The molecule has 1 aliphatic rings. The van der Waals surface area contributed by atoms with Crippen LogP contribution in [0.15, 0.2) is 36.4 Å². The van der Waals surface area contributed by atoms with Gasteiger partial charge in [-0.2, -0.15) is 0 Å². The lowest BCUT2D eigenvalue weighted by atomic mass is 9.77. The van der Waals surface area contributed by atoms with E-state index in [1.807, 2.05) is 24.3 Å². The molecule has 6 heteroatoms. The molecule has 0 aliphatic carbocycles. The van der Waals surface area contributed by atoms with Gasteiger partial charge in [-0.3, -0.25) is 0 Å². The van der Waals surface area contributed by atoms with E-state index in [-0.39, 0.29) is 7.12 Å². The standard InChI is InChI=1S/C16H14BCl3O2/c1-10-8-21-17(22-9-10)13-4-2-11(3-5-13)12-6-14(18)16(20)15(19)7-12/h2-7,10H,8-9H2,1H3. The van der Waals surface area contributed by atoms with Crippen LogP contribution in [0, 0.1) is 5.92 Å². The molecule has 0 atom stereocenters. The summed E-state index contributed by atoms with van der Waals surface area (Å²) in [5, 5.41) is 1.27. The average molecular weight is 355 g/mol. The molecule has 1 fully saturated rings. The van der Waals surface area contributed by atoms with Crippen LogP contribution in [0.3, 0.4) is 0 Å². The van der Waals surface area contributed by atoms with Crippen molar-refractivity contribution in [3.05, 3.63) is 51.5 Å². The lowest BCUT2D eigenvalue weighted by Gasteiger charge is -2.24. The molecule has 1 aliphatic heterocycles. The summed E-state index contributed by atoms with van der Waals surface area (Å²) in [4.78, 5) is 0. The van der Waals surface area contributed by atoms with Crippen molar-refractivity contribution in [1.29, 1.82) is 0 Å². The normalized spacial score (nSPS) is 16.1. The van der Waals surface area contributed by atoms with E-state index in [4.69, 9.17) is 44.1 Å². The third-order valence-corrected chi connectivity index (χ3v) is 4.76. The maximum atomic E-state index is 6.08. The van der Waals surface area contributed by atoms with Crippen LogP contribution in [0.2, 0.25) is 15.1 Å². The molecule has 0 aromatic heterocycles. The number of hydrogen-bond donors (Lipinski definition) is 0. The molecule has 0 radical (unpaired) electrons. The van der Waals surface area contributed by atoms with Crippen LogP contribution in [0.5, 0.6) is 0 Å². The zero-order valence-corrected chi connectivity index (χ0v) is 14.3. The zero-order chi connectivity index (χ0) is 15.7. The van der Waals surface area contributed by atoms with Gasteiger partial charge < -0.3 is 9.31 Å². The Bertz CT molecular complexity index is 645. The van der Waals surface area contributed by atoms with Crippen LogP contribution < -0.4 is 5.46 Å². The second kappa shape index (κ2) is 6.82. The third kappa shape index (κ3) is 3.45. The molecule has 2 nitrogen and oxygen atoms in total. The van der Waals surface area contributed by atoms with E-state index in [0.717, 1.165) is 29.8 Å². The van der Waals surface area contributed by atoms with Gasteiger partial charge in [0.05, 0.1) is 15.1 Å². The summed E-state index contributed by atoms with van der Waals surface area (Å²) < 4.78 is 11.4. The van der Waals surface area contributed by atoms with Crippen molar-refractivity contribution in [2.75, 3.05) is 13.2 Å². The first-order valence-electron chi connectivity index (χ1n) is 7.02. The lowest BCUT2D eigenvalue weighted by molar-refractivity contribution is 0.0958. The van der Waals surface area contributed by atoms with Crippen LogP contribution in [0.25, 0.3) is 11.1 Å². The highest BCUT2D eigenvalue weighted by Crippen LogP contribution is 2.34. The van der Waals surface area contributed by atoms with Gasteiger partial charge in [0.2, 0.25) is 0 Å². The highest BCUT2D eigenvalue weighted by atomic mass is 35.5. The van der Waals surface area contributed by atoms with Gasteiger partial charge in [0.15, 0.2) is 0 Å². The molecule has 0 N–H and O–H groups in total. The molecule has 0 spiro atoms. The number of halogens is 3. The van der Waals surface area contributed by atoms with Gasteiger partial charge >= 0.3 is 7.12 Å². The fourth-order valence-corrected chi connectivity index (χ4v) is 2.94. The molecule has 0 saturated carbocycles. The lowest BCUT2D eigenvalue weighted by Crippen LogP contribution is -2.43. The van der Waals surface area contributed by atoms with Crippen LogP contribution in [-0.4, -0.2) is 20.3 Å². The Balaban J connectivity index is 1.82. The first-order chi connectivity index (χ1) is 10.5. The Morgan fingerprint density at radius 3 is 2.00 bits per heavy atom. The van der Waals surface area contributed by atoms with E-state index in [1.165, 1.54) is 0 Å². The SMILES string of the molecule is CC1COB(c2ccc(-c3cc(Cl)c(Cl)c(Cl)c3)cc2)OC1. The number of hydrogen-bond acceptors (Lipinski definition) is 2. The predicted octanol–water partition coefficient (Wildman–Crippen LogP) is 4.69. The molecule has 3 rings (SSSR count). The fraction of sp³-hybridized carbons (Fsp3) is 0.250. The Labute approximate surface area is 145 Å². The Kier molecular flexibility index (Phi) is 5.01. The van der Waals surface area contributed by atoms with Gasteiger partial charge in [0, 0.05) is 13.2 Å². The average Bonchev–Trinajstić information content (AvgIpc) is 2.53. The van der Waals surface area contributed by atoms with Gasteiger partial charge in [-0.05, 0) is 34.6 Å². The van der Waals surface area contributed by atoms with E-state index in [1.54, 1.807) is 12.1 Å². The van der Waals surface area contributed by atoms with Crippen molar-refractivity contribution in [1.82, 2.24) is 0 Å². The molecule has 1 heterocycles. The van der Waals surface area contributed by atoms with Crippen molar-refractivity contribution < 1.29 is 9.31 Å². The first kappa shape index (κ1) is 16.2. The summed E-state index contributed by atoms with van der Waals surface area (Å²) in [6, 6.07) is 11.6. The topological polar surface area (TPSA) is 18.5 Å². The highest BCUT2D eigenvalue weighted by Gasteiger charge is 2.27. The Morgan fingerprint density at radius 2 is 1.45 bits per heavy atom. The molecule has 2 aromatic rings. The smallest absolute Gasteiger partial charge is 0.407 e. The molecule has 114 valence electrons. The largest absolute Gasteiger partial charge is 0.493 e. The zero-order valence-electron chi connectivity index (χ0n) is 12.0. The summed E-state index contributed by atoms with van der Waals surface area (Å²) >= 11 is 18.1. The number of rotatable bonds is 2. The Hall–Kier alpha value is -0.705. The molecule has 0 amide bonds. The summed E-state index contributed by atoms with van der Waals surface area (Å²) in [6.45, 7) is 3.54. The molecule has 1 saturated heterocycles. The van der Waals surface area contributed by atoms with Crippen LogP contribution >= 0.6 is 34.8 Å². The van der Waals surface area contributed by atoms with Crippen molar-refractivity contribution in [2.24, 2.45) is 5.92 Å². The van der Waals surface area contributed by atoms with Crippen LogP contribution in [0.4, 0.5) is 0 Å². The molecular formula is C16H14BCl3O2. The molecule has 22 heavy (non-hydrogen) atoms. The van der Waals surface area contributed by atoms with E-state index in [2.05, 4.69) is 6.92 Å². The minimum absolute atomic E-state index is 0.289. The second-order valence-corrected chi connectivity index (χ2v) is 6.67. The van der Waals surface area contributed by atoms with Gasteiger partial charge in [0.1, 0.15) is 0 Å². The van der Waals surface area contributed by atoms with Crippen molar-refractivity contribution in [3.8, 4) is 11.1 Å². The van der Waals surface area contributed by atoms with E-state index < -0.39 is 0 Å². The number of benzene rings is 2. The molecule has 2 aromatic carbocycles.